The fourth-order valence-electron chi connectivity index (χ4n) is 5.37. The van der Waals surface area contributed by atoms with Gasteiger partial charge in [0.15, 0.2) is 0 Å². The largest absolute Gasteiger partial charge is 0.317 e. The van der Waals surface area contributed by atoms with E-state index in [0.717, 1.165) is 58.3 Å². The summed E-state index contributed by atoms with van der Waals surface area (Å²) in [6, 6.07) is 11.6. The minimum atomic E-state index is -3.48. The molecule has 1 aromatic carbocycles. The number of anilines is 1. The number of thiazole rings is 1. The molecule has 1 fully saturated rings. The van der Waals surface area contributed by atoms with Gasteiger partial charge in [-0.2, -0.15) is 4.31 Å². The van der Waals surface area contributed by atoms with Gasteiger partial charge in [-0.1, -0.05) is 25.1 Å². The van der Waals surface area contributed by atoms with Crippen LogP contribution < -0.4 is 5.32 Å². The van der Waals surface area contributed by atoms with Crippen LogP contribution in [-0.2, 0) is 27.8 Å². The molecular weight excluding hydrogens is 557 g/mol. The second kappa shape index (κ2) is 10.8. The van der Waals surface area contributed by atoms with Gasteiger partial charge in [-0.3, -0.25) is 9.69 Å². The number of carbonyl (C=O) groups is 1. The van der Waals surface area contributed by atoms with Crippen LogP contribution in [0.1, 0.15) is 36.6 Å². The predicted molar refractivity (Wildman–Crippen MR) is 157 cm³/mol. The molecule has 6 rings (SSSR count). The number of fused-ring (bicyclic) bond motifs is 2. The van der Waals surface area contributed by atoms with Crippen LogP contribution in [0.15, 0.2) is 46.0 Å². The number of nitrogens with zero attached hydrogens (tertiary/aromatic N) is 3. The van der Waals surface area contributed by atoms with Crippen LogP contribution in [0.25, 0.3) is 20.8 Å². The summed E-state index contributed by atoms with van der Waals surface area (Å²) in [5, 5.41) is 6.88. The Bertz CT molecular complexity index is 1520. The van der Waals surface area contributed by atoms with Crippen LogP contribution in [-0.4, -0.2) is 54.7 Å². The molecule has 38 heavy (non-hydrogen) atoms. The van der Waals surface area contributed by atoms with E-state index < -0.39 is 10.0 Å². The van der Waals surface area contributed by atoms with Crippen LogP contribution in [0, 0.1) is 5.92 Å². The number of hydrogen-bond acceptors (Lipinski definition) is 8. The van der Waals surface area contributed by atoms with Gasteiger partial charge in [0.25, 0.3) is 10.0 Å². The fraction of sp³-hybridized carbons (Fsp3) is 0.407. The minimum Gasteiger partial charge on any atom is -0.317 e. The third-order valence-corrected chi connectivity index (χ3v) is 12.8. The topological polar surface area (TPSA) is 82.6 Å². The summed E-state index contributed by atoms with van der Waals surface area (Å²) in [6.07, 6.45) is 3.10. The van der Waals surface area contributed by atoms with Crippen molar-refractivity contribution < 1.29 is 13.2 Å². The van der Waals surface area contributed by atoms with E-state index >= 15 is 0 Å². The van der Waals surface area contributed by atoms with Gasteiger partial charge in [-0.25, -0.2) is 13.4 Å². The summed E-state index contributed by atoms with van der Waals surface area (Å²) < 4.78 is 28.8. The monoisotopic (exact) mass is 586 g/mol. The molecule has 0 atom stereocenters. The SMILES string of the molecule is CCCN1CCc2c(sc(NC(=O)C3CCN(S(=O)(=O)c4cccs4)CC3)c2-c2nc3ccccc3s2)C1. The molecule has 4 aromatic rings. The molecular formula is C27H30N4O3S4. The molecule has 11 heteroatoms. The number of aromatic nitrogens is 1. The summed E-state index contributed by atoms with van der Waals surface area (Å²) in [4.78, 5) is 22.2. The summed E-state index contributed by atoms with van der Waals surface area (Å²) in [6.45, 7) is 5.91. The zero-order valence-electron chi connectivity index (χ0n) is 21.2. The van der Waals surface area contributed by atoms with E-state index in [1.54, 1.807) is 40.2 Å². The van der Waals surface area contributed by atoms with Gasteiger partial charge in [-0.05, 0) is 61.4 Å². The van der Waals surface area contributed by atoms with Gasteiger partial charge < -0.3 is 5.32 Å². The summed E-state index contributed by atoms with van der Waals surface area (Å²) in [5.41, 5.74) is 3.37. The first-order valence-electron chi connectivity index (χ1n) is 13.0. The molecule has 5 heterocycles. The minimum absolute atomic E-state index is 0.0236. The van der Waals surface area contributed by atoms with Crippen LogP contribution in [0.5, 0.6) is 0 Å². The second-order valence-corrected chi connectivity index (χ2v) is 15.1. The van der Waals surface area contributed by atoms with Crippen molar-refractivity contribution >= 4 is 65.2 Å². The van der Waals surface area contributed by atoms with Crippen LogP contribution in [0.2, 0.25) is 0 Å². The predicted octanol–water partition coefficient (Wildman–Crippen LogP) is 5.89. The Labute approximate surface area is 235 Å². The molecule has 2 aliphatic rings. The van der Waals surface area contributed by atoms with Crippen LogP contribution >= 0.6 is 34.0 Å². The molecule has 0 spiro atoms. The Morgan fingerprint density at radius 1 is 1.11 bits per heavy atom. The van der Waals surface area contributed by atoms with Gasteiger partial charge in [-0.15, -0.1) is 34.0 Å². The third-order valence-electron chi connectivity index (χ3n) is 7.33. The lowest BCUT2D eigenvalue weighted by atomic mass is 9.97. The number of sulfonamides is 1. The normalized spacial score (nSPS) is 17.6. The Balaban J connectivity index is 1.24. The summed E-state index contributed by atoms with van der Waals surface area (Å²) >= 11 is 4.59. The number of carbonyl (C=O) groups excluding carboxylic acids is 1. The first-order valence-corrected chi connectivity index (χ1v) is 17.0. The lowest BCUT2D eigenvalue weighted by Gasteiger charge is -2.30. The third kappa shape index (κ3) is 4.96. The standard InChI is InChI=1S/C27H30N4O3S4/c1-2-12-30-13-11-19-22(17-30)37-27(24(19)26-28-20-6-3-4-7-21(20)36-26)29-25(32)18-9-14-31(15-10-18)38(33,34)23-8-5-16-35-23/h3-8,16,18H,2,9-15,17H2,1H3,(H,29,32). The number of para-hydroxylation sites is 1. The Morgan fingerprint density at radius 3 is 2.66 bits per heavy atom. The molecule has 2 aliphatic heterocycles. The van der Waals surface area contributed by atoms with Crippen LogP contribution in [0.4, 0.5) is 5.00 Å². The first-order chi connectivity index (χ1) is 18.4. The quantitative estimate of drug-likeness (QED) is 0.292. The molecule has 7 nitrogen and oxygen atoms in total. The van der Waals surface area contributed by atoms with Crippen molar-refractivity contribution in [1.29, 1.82) is 0 Å². The number of thiophene rings is 2. The molecule has 1 amide bonds. The van der Waals surface area contributed by atoms with Gasteiger partial charge in [0.2, 0.25) is 5.91 Å². The molecule has 1 saturated heterocycles. The van der Waals surface area contributed by atoms with Crippen molar-refractivity contribution in [3.8, 4) is 10.6 Å². The highest BCUT2D eigenvalue weighted by Gasteiger charge is 2.34. The van der Waals surface area contributed by atoms with Gasteiger partial charge in [0, 0.05) is 42.5 Å². The zero-order valence-corrected chi connectivity index (χ0v) is 24.4. The summed E-state index contributed by atoms with van der Waals surface area (Å²) in [5.74, 6) is -0.242. The number of piperidine rings is 1. The maximum atomic E-state index is 13.5. The number of hydrogen-bond donors (Lipinski definition) is 1. The van der Waals surface area contributed by atoms with Crippen molar-refractivity contribution in [2.45, 2.75) is 43.4 Å². The van der Waals surface area contributed by atoms with E-state index in [2.05, 4.69) is 23.2 Å². The van der Waals surface area contributed by atoms with Crippen molar-refractivity contribution in [3.05, 3.63) is 52.2 Å². The highest BCUT2D eigenvalue weighted by Crippen LogP contribution is 2.46. The van der Waals surface area contributed by atoms with E-state index in [1.807, 2.05) is 18.2 Å². The Hall–Kier alpha value is -2.15. The number of amides is 1. The molecule has 0 radical (unpaired) electrons. The van der Waals surface area contributed by atoms with Crippen molar-refractivity contribution in [3.63, 3.8) is 0 Å². The van der Waals surface area contributed by atoms with E-state index in [9.17, 15) is 13.2 Å². The lowest BCUT2D eigenvalue weighted by molar-refractivity contribution is -0.120. The highest BCUT2D eigenvalue weighted by atomic mass is 32.2. The van der Waals surface area contributed by atoms with Gasteiger partial charge >= 0.3 is 0 Å². The van der Waals surface area contributed by atoms with E-state index in [0.29, 0.717) is 30.1 Å². The molecule has 0 unspecified atom stereocenters. The average Bonchev–Trinajstić information content (AvgIpc) is 3.67. The van der Waals surface area contributed by atoms with Crippen molar-refractivity contribution in [1.82, 2.24) is 14.2 Å². The molecule has 1 N–H and O–H groups in total. The Morgan fingerprint density at radius 2 is 1.92 bits per heavy atom. The second-order valence-electron chi connectivity index (χ2n) is 9.82. The maximum absolute atomic E-state index is 13.5. The zero-order chi connectivity index (χ0) is 26.3. The van der Waals surface area contributed by atoms with Crippen molar-refractivity contribution in [2.24, 2.45) is 5.92 Å². The fourth-order valence-corrected chi connectivity index (χ4v) is 10.4. The average molecular weight is 587 g/mol. The Kier molecular flexibility index (Phi) is 7.41. The molecule has 0 bridgehead atoms. The maximum Gasteiger partial charge on any atom is 0.252 e. The van der Waals surface area contributed by atoms with E-state index in [4.69, 9.17) is 4.98 Å². The highest BCUT2D eigenvalue weighted by molar-refractivity contribution is 7.91. The van der Waals surface area contributed by atoms with Gasteiger partial charge in [0.1, 0.15) is 14.2 Å². The van der Waals surface area contributed by atoms with E-state index in [1.165, 1.54) is 26.1 Å². The molecule has 0 aliphatic carbocycles. The number of rotatable bonds is 7. The van der Waals surface area contributed by atoms with E-state index in [-0.39, 0.29) is 11.8 Å². The number of nitrogens with one attached hydrogen (secondary N) is 1. The summed E-state index contributed by atoms with van der Waals surface area (Å²) in [7, 11) is -3.48. The molecule has 200 valence electrons. The van der Waals surface area contributed by atoms with Crippen molar-refractivity contribution in [2.75, 3.05) is 31.5 Å². The van der Waals surface area contributed by atoms with Crippen LogP contribution in [0.3, 0.4) is 0 Å². The number of benzene rings is 1. The molecule has 3 aromatic heterocycles. The first kappa shape index (κ1) is 26.1. The smallest absolute Gasteiger partial charge is 0.252 e. The lowest BCUT2D eigenvalue weighted by Crippen LogP contribution is -2.41. The van der Waals surface area contributed by atoms with Gasteiger partial charge in [0.05, 0.1) is 10.2 Å². The molecule has 0 saturated carbocycles.